The van der Waals surface area contributed by atoms with E-state index in [1.54, 1.807) is 0 Å². The molecule has 0 spiro atoms. The molecule has 0 aromatic heterocycles. The molecule has 0 radical (unpaired) electrons. The van der Waals surface area contributed by atoms with Crippen molar-refractivity contribution in [2.75, 3.05) is 5.43 Å². The van der Waals surface area contributed by atoms with Crippen LogP contribution < -0.4 is 11.3 Å². The van der Waals surface area contributed by atoms with E-state index in [0.29, 0.717) is 5.02 Å². The Bertz CT molecular complexity index is 275. The quantitative estimate of drug-likeness (QED) is 0.580. The van der Waals surface area contributed by atoms with Gasteiger partial charge in [0.15, 0.2) is 0 Å². The molecule has 3 N–H and O–H groups in total. The van der Waals surface area contributed by atoms with Gasteiger partial charge in [-0.2, -0.15) is 0 Å². The molecule has 0 bridgehead atoms. The Labute approximate surface area is 78.8 Å². The summed E-state index contributed by atoms with van der Waals surface area (Å²) in [7, 11) is 0. The summed E-state index contributed by atoms with van der Waals surface area (Å²) in [6.45, 7) is 1.92. The lowest BCUT2D eigenvalue weighted by Gasteiger charge is -2.06. The summed E-state index contributed by atoms with van der Waals surface area (Å²) < 4.78 is 0.988. The fraction of sp³-hybridized carbons (Fsp3) is 0.143. The molecule has 1 rings (SSSR count). The molecule has 0 heterocycles. The average Bonchev–Trinajstić information content (AvgIpc) is 2.01. The number of hydrogen-bond donors (Lipinski definition) is 2. The molecule has 1 aromatic rings. The van der Waals surface area contributed by atoms with Gasteiger partial charge < -0.3 is 5.43 Å². The molecule has 0 fully saturated rings. The molecular weight excluding hydrogens is 227 g/mol. The van der Waals surface area contributed by atoms with Crippen LogP contribution in [0.1, 0.15) is 5.56 Å². The lowest BCUT2D eigenvalue weighted by molar-refractivity contribution is 1.32. The third kappa shape index (κ3) is 1.67. The van der Waals surface area contributed by atoms with Gasteiger partial charge in [-0.05, 0) is 24.6 Å². The highest BCUT2D eigenvalue weighted by atomic mass is 79.9. The Balaban J connectivity index is 3.25. The first kappa shape index (κ1) is 8.84. The molecule has 60 valence electrons. The van der Waals surface area contributed by atoms with E-state index in [0.717, 1.165) is 15.7 Å². The highest BCUT2D eigenvalue weighted by Crippen LogP contribution is 2.30. The molecular formula is C7H8BrClN2. The number of rotatable bonds is 1. The number of hydrogen-bond acceptors (Lipinski definition) is 2. The van der Waals surface area contributed by atoms with Crippen LogP contribution in [0.2, 0.25) is 5.02 Å². The topological polar surface area (TPSA) is 38.0 Å². The first-order chi connectivity index (χ1) is 5.16. The SMILES string of the molecule is Cc1c(Br)ccc(NN)c1Cl. The van der Waals surface area contributed by atoms with Crippen molar-refractivity contribution in [1.29, 1.82) is 0 Å². The van der Waals surface area contributed by atoms with Gasteiger partial charge in [-0.3, -0.25) is 5.84 Å². The smallest absolute Gasteiger partial charge is 0.0691 e. The average molecular weight is 236 g/mol. The molecule has 1 aromatic carbocycles. The minimum Gasteiger partial charge on any atom is -0.323 e. The highest BCUT2D eigenvalue weighted by molar-refractivity contribution is 9.10. The van der Waals surface area contributed by atoms with Crippen LogP contribution in [0.4, 0.5) is 5.69 Å². The summed E-state index contributed by atoms with van der Waals surface area (Å²) >= 11 is 9.28. The second-order valence-electron chi connectivity index (χ2n) is 2.18. The maximum atomic E-state index is 5.93. The number of halogens is 2. The Kier molecular flexibility index (Phi) is 2.76. The summed E-state index contributed by atoms with van der Waals surface area (Å²) in [5.74, 6) is 5.22. The van der Waals surface area contributed by atoms with Crippen LogP contribution in [0.25, 0.3) is 0 Å². The molecule has 0 unspecified atom stereocenters. The van der Waals surface area contributed by atoms with Crippen molar-refractivity contribution in [2.24, 2.45) is 5.84 Å². The van der Waals surface area contributed by atoms with Crippen molar-refractivity contribution in [3.05, 3.63) is 27.2 Å². The molecule has 0 saturated heterocycles. The molecule has 0 aliphatic heterocycles. The van der Waals surface area contributed by atoms with Crippen molar-refractivity contribution >= 4 is 33.2 Å². The van der Waals surface area contributed by atoms with Gasteiger partial charge in [0.1, 0.15) is 0 Å². The first-order valence-corrected chi connectivity index (χ1v) is 4.25. The number of nitrogens with two attached hydrogens (primary N) is 1. The van der Waals surface area contributed by atoms with Crippen molar-refractivity contribution in [3.63, 3.8) is 0 Å². The Hall–Kier alpha value is -0.250. The molecule has 0 atom stereocenters. The zero-order valence-electron chi connectivity index (χ0n) is 5.99. The minimum atomic E-state index is 0.655. The predicted octanol–water partition coefficient (Wildman–Crippen LogP) is 2.70. The first-order valence-electron chi connectivity index (χ1n) is 3.08. The molecule has 0 aliphatic carbocycles. The van der Waals surface area contributed by atoms with Crippen LogP contribution in [-0.4, -0.2) is 0 Å². The van der Waals surface area contributed by atoms with Crippen molar-refractivity contribution < 1.29 is 0 Å². The lowest BCUT2D eigenvalue weighted by Crippen LogP contribution is -2.07. The van der Waals surface area contributed by atoms with E-state index in [9.17, 15) is 0 Å². The monoisotopic (exact) mass is 234 g/mol. The highest BCUT2D eigenvalue weighted by Gasteiger charge is 2.03. The normalized spacial score (nSPS) is 9.82. The Morgan fingerprint density at radius 1 is 1.55 bits per heavy atom. The molecule has 0 aliphatic rings. The zero-order chi connectivity index (χ0) is 8.43. The van der Waals surface area contributed by atoms with Gasteiger partial charge in [0.05, 0.1) is 10.7 Å². The van der Waals surface area contributed by atoms with Gasteiger partial charge in [0.2, 0.25) is 0 Å². The largest absolute Gasteiger partial charge is 0.323 e. The van der Waals surface area contributed by atoms with Crippen LogP contribution >= 0.6 is 27.5 Å². The standard InChI is InChI=1S/C7H8BrClN2/c1-4-5(8)2-3-6(11-10)7(4)9/h2-3,11H,10H2,1H3. The second-order valence-corrected chi connectivity index (χ2v) is 3.41. The van der Waals surface area contributed by atoms with Gasteiger partial charge in [0, 0.05) is 4.47 Å². The maximum absolute atomic E-state index is 5.93. The van der Waals surface area contributed by atoms with E-state index in [1.807, 2.05) is 19.1 Å². The predicted molar refractivity (Wildman–Crippen MR) is 51.7 cm³/mol. The van der Waals surface area contributed by atoms with Gasteiger partial charge in [-0.1, -0.05) is 27.5 Å². The van der Waals surface area contributed by atoms with Gasteiger partial charge >= 0.3 is 0 Å². The minimum absolute atomic E-state index is 0.655. The molecule has 4 heteroatoms. The Morgan fingerprint density at radius 3 is 2.73 bits per heavy atom. The fourth-order valence-electron chi connectivity index (χ4n) is 0.773. The van der Waals surface area contributed by atoms with Crippen molar-refractivity contribution in [1.82, 2.24) is 0 Å². The number of anilines is 1. The summed E-state index contributed by atoms with van der Waals surface area (Å²) in [6, 6.07) is 3.72. The van der Waals surface area contributed by atoms with Gasteiger partial charge in [-0.25, -0.2) is 0 Å². The van der Waals surface area contributed by atoms with Gasteiger partial charge in [-0.15, -0.1) is 0 Å². The van der Waals surface area contributed by atoms with Crippen LogP contribution in [0.15, 0.2) is 16.6 Å². The Morgan fingerprint density at radius 2 is 2.18 bits per heavy atom. The van der Waals surface area contributed by atoms with E-state index < -0.39 is 0 Å². The van der Waals surface area contributed by atoms with E-state index in [4.69, 9.17) is 17.4 Å². The van der Waals surface area contributed by atoms with Crippen LogP contribution in [0.3, 0.4) is 0 Å². The number of nitrogens with one attached hydrogen (secondary N) is 1. The third-order valence-corrected chi connectivity index (χ3v) is 2.82. The molecule has 0 saturated carbocycles. The number of nitrogen functional groups attached to an aromatic ring is 1. The van der Waals surface area contributed by atoms with Crippen molar-refractivity contribution in [3.8, 4) is 0 Å². The van der Waals surface area contributed by atoms with Crippen LogP contribution in [0.5, 0.6) is 0 Å². The second kappa shape index (κ2) is 3.43. The van der Waals surface area contributed by atoms with E-state index in [-0.39, 0.29) is 0 Å². The summed E-state index contributed by atoms with van der Waals surface area (Å²) in [4.78, 5) is 0. The zero-order valence-corrected chi connectivity index (χ0v) is 8.33. The molecule has 0 amide bonds. The summed E-state index contributed by atoms with van der Waals surface area (Å²) in [5.41, 5.74) is 4.24. The van der Waals surface area contributed by atoms with E-state index in [2.05, 4.69) is 21.4 Å². The summed E-state index contributed by atoms with van der Waals surface area (Å²) in [5, 5.41) is 0.655. The summed E-state index contributed by atoms with van der Waals surface area (Å²) in [6.07, 6.45) is 0. The molecule has 11 heavy (non-hydrogen) atoms. The van der Waals surface area contributed by atoms with Gasteiger partial charge in [0.25, 0.3) is 0 Å². The fourth-order valence-corrected chi connectivity index (χ4v) is 1.44. The van der Waals surface area contributed by atoms with Crippen LogP contribution in [0, 0.1) is 6.92 Å². The third-order valence-electron chi connectivity index (χ3n) is 1.48. The van der Waals surface area contributed by atoms with Crippen molar-refractivity contribution in [2.45, 2.75) is 6.92 Å². The van der Waals surface area contributed by atoms with E-state index in [1.165, 1.54) is 0 Å². The number of hydrazine groups is 1. The van der Waals surface area contributed by atoms with Crippen LogP contribution in [-0.2, 0) is 0 Å². The lowest BCUT2D eigenvalue weighted by atomic mass is 10.2. The molecule has 2 nitrogen and oxygen atoms in total. The van der Waals surface area contributed by atoms with E-state index >= 15 is 0 Å². The number of benzene rings is 1. The maximum Gasteiger partial charge on any atom is 0.0691 e.